The molecule has 1 aromatic rings. The van der Waals surface area contributed by atoms with Gasteiger partial charge in [-0.25, -0.2) is 0 Å². The van der Waals surface area contributed by atoms with Crippen molar-refractivity contribution in [2.75, 3.05) is 6.54 Å². The summed E-state index contributed by atoms with van der Waals surface area (Å²) in [6.45, 7) is 2.05. The van der Waals surface area contributed by atoms with E-state index in [0.717, 1.165) is 18.4 Å². The molecule has 0 saturated heterocycles. The van der Waals surface area contributed by atoms with Gasteiger partial charge in [0, 0.05) is 31.9 Å². The zero-order valence-electron chi connectivity index (χ0n) is 12.5. The highest BCUT2D eigenvalue weighted by Crippen LogP contribution is 2.17. The predicted octanol–water partition coefficient (Wildman–Crippen LogP) is 1.88. The molecular formula is C16H23N3O2. The van der Waals surface area contributed by atoms with Crippen LogP contribution in [0.4, 0.5) is 0 Å². The summed E-state index contributed by atoms with van der Waals surface area (Å²) in [5.74, 6) is -0.156. The summed E-state index contributed by atoms with van der Waals surface area (Å²) in [6.07, 6.45) is 9.10. The van der Waals surface area contributed by atoms with Crippen LogP contribution < -0.4 is 5.32 Å². The summed E-state index contributed by atoms with van der Waals surface area (Å²) in [6, 6.07) is 3.99. The lowest BCUT2D eigenvalue weighted by Crippen LogP contribution is -2.43. The quantitative estimate of drug-likeness (QED) is 0.900. The molecule has 2 rings (SSSR count). The molecule has 1 aliphatic carbocycles. The van der Waals surface area contributed by atoms with Gasteiger partial charge in [0.25, 0.3) is 0 Å². The first-order chi connectivity index (χ1) is 10.1. The van der Waals surface area contributed by atoms with Crippen LogP contribution in [0.3, 0.4) is 0 Å². The molecule has 114 valence electrons. The van der Waals surface area contributed by atoms with E-state index >= 15 is 0 Å². The Morgan fingerprint density at radius 2 is 1.90 bits per heavy atom. The van der Waals surface area contributed by atoms with Crippen LogP contribution in [0, 0.1) is 0 Å². The lowest BCUT2D eigenvalue weighted by molar-refractivity contribution is -0.135. The molecule has 1 aliphatic rings. The molecular weight excluding hydrogens is 266 g/mol. The van der Waals surface area contributed by atoms with Crippen LogP contribution in [0.1, 0.15) is 44.6 Å². The molecule has 0 unspecified atom stereocenters. The summed E-state index contributed by atoms with van der Waals surface area (Å²) in [4.78, 5) is 29.3. The fourth-order valence-corrected chi connectivity index (χ4v) is 2.68. The van der Waals surface area contributed by atoms with E-state index in [1.807, 2.05) is 12.1 Å². The van der Waals surface area contributed by atoms with Gasteiger partial charge in [-0.15, -0.1) is 0 Å². The molecule has 5 nitrogen and oxygen atoms in total. The van der Waals surface area contributed by atoms with Crippen LogP contribution in [0.2, 0.25) is 0 Å². The Morgan fingerprint density at radius 1 is 1.24 bits per heavy atom. The molecule has 21 heavy (non-hydrogen) atoms. The van der Waals surface area contributed by atoms with Gasteiger partial charge >= 0.3 is 0 Å². The molecule has 0 atom stereocenters. The van der Waals surface area contributed by atoms with E-state index in [1.54, 1.807) is 17.3 Å². The fraction of sp³-hybridized carbons (Fsp3) is 0.562. The Kier molecular flexibility index (Phi) is 5.72. The number of pyridine rings is 1. The fourth-order valence-electron chi connectivity index (χ4n) is 2.68. The smallest absolute Gasteiger partial charge is 0.239 e. The maximum Gasteiger partial charge on any atom is 0.239 e. The summed E-state index contributed by atoms with van der Waals surface area (Å²) in [5, 5.41) is 3.04. The third-order valence-corrected chi connectivity index (χ3v) is 3.87. The van der Waals surface area contributed by atoms with E-state index < -0.39 is 0 Å². The summed E-state index contributed by atoms with van der Waals surface area (Å²) < 4.78 is 0. The molecule has 0 aliphatic heterocycles. The van der Waals surface area contributed by atoms with Gasteiger partial charge < -0.3 is 10.2 Å². The van der Waals surface area contributed by atoms with E-state index in [1.165, 1.54) is 26.2 Å². The van der Waals surface area contributed by atoms with Crippen molar-refractivity contribution in [2.24, 2.45) is 0 Å². The molecule has 0 bridgehead atoms. The van der Waals surface area contributed by atoms with Crippen LogP contribution in [0.5, 0.6) is 0 Å². The highest BCUT2D eigenvalue weighted by atomic mass is 16.2. The summed E-state index contributed by atoms with van der Waals surface area (Å²) in [5.41, 5.74) is 0.977. The minimum atomic E-state index is -0.0920. The van der Waals surface area contributed by atoms with Crippen molar-refractivity contribution in [3.63, 3.8) is 0 Å². The van der Waals surface area contributed by atoms with Gasteiger partial charge in [-0.2, -0.15) is 0 Å². The van der Waals surface area contributed by atoms with Gasteiger partial charge in [0.15, 0.2) is 0 Å². The molecule has 1 saturated carbocycles. The van der Waals surface area contributed by atoms with Crippen LogP contribution >= 0.6 is 0 Å². The van der Waals surface area contributed by atoms with E-state index in [9.17, 15) is 9.59 Å². The van der Waals surface area contributed by atoms with Crippen molar-refractivity contribution in [1.82, 2.24) is 15.2 Å². The van der Waals surface area contributed by atoms with Crippen molar-refractivity contribution in [2.45, 2.75) is 51.6 Å². The SMILES string of the molecule is CC(=O)N(CC(=O)NC1CCCCC1)Cc1ccncc1. The second-order valence-electron chi connectivity index (χ2n) is 5.63. The largest absolute Gasteiger partial charge is 0.352 e. The van der Waals surface area contributed by atoms with Crippen molar-refractivity contribution in [1.29, 1.82) is 0 Å². The van der Waals surface area contributed by atoms with E-state index in [4.69, 9.17) is 0 Å². The zero-order chi connectivity index (χ0) is 15.1. The first-order valence-electron chi connectivity index (χ1n) is 7.59. The summed E-state index contributed by atoms with van der Waals surface area (Å²) in [7, 11) is 0. The van der Waals surface area contributed by atoms with Crippen LogP contribution in [-0.2, 0) is 16.1 Å². The number of nitrogens with one attached hydrogen (secondary N) is 1. The average molecular weight is 289 g/mol. The van der Waals surface area contributed by atoms with Gasteiger partial charge in [-0.1, -0.05) is 19.3 Å². The lowest BCUT2D eigenvalue weighted by Gasteiger charge is -2.25. The van der Waals surface area contributed by atoms with Gasteiger partial charge in [-0.3, -0.25) is 14.6 Å². The van der Waals surface area contributed by atoms with Crippen molar-refractivity contribution in [3.05, 3.63) is 30.1 Å². The first-order valence-corrected chi connectivity index (χ1v) is 7.59. The van der Waals surface area contributed by atoms with Crippen LogP contribution in [0.15, 0.2) is 24.5 Å². The van der Waals surface area contributed by atoms with E-state index in [2.05, 4.69) is 10.3 Å². The monoisotopic (exact) mass is 289 g/mol. The number of carbonyl (C=O) groups excluding carboxylic acids is 2. The Balaban J connectivity index is 1.86. The molecule has 1 aromatic heterocycles. The van der Waals surface area contributed by atoms with Crippen molar-refractivity contribution in [3.8, 4) is 0 Å². The molecule has 0 spiro atoms. The minimum Gasteiger partial charge on any atom is -0.352 e. The standard InChI is InChI=1S/C16H23N3O2/c1-13(20)19(11-14-7-9-17-10-8-14)12-16(21)18-15-5-3-2-4-6-15/h7-10,15H,2-6,11-12H2,1H3,(H,18,21). The number of amides is 2. The maximum atomic E-state index is 12.1. The number of rotatable bonds is 5. The zero-order valence-corrected chi connectivity index (χ0v) is 12.5. The predicted molar refractivity (Wildman–Crippen MR) is 80.3 cm³/mol. The van der Waals surface area contributed by atoms with Crippen molar-refractivity contribution < 1.29 is 9.59 Å². The third kappa shape index (κ3) is 5.17. The Hall–Kier alpha value is -1.91. The van der Waals surface area contributed by atoms with Gasteiger partial charge in [0.1, 0.15) is 0 Å². The van der Waals surface area contributed by atoms with Crippen molar-refractivity contribution >= 4 is 11.8 Å². The molecule has 0 radical (unpaired) electrons. The molecule has 0 aromatic carbocycles. The number of nitrogens with zero attached hydrogens (tertiary/aromatic N) is 2. The number of hydrogen-bond donors (Lipinski definition) is 1. The van der Waals surface area contributed by atoms with Gasteiger partial charge in [0.05, 0.1) is 6.54 Å². The highest BCUT2D eigenvalue weighted by molar-refractivity contribution is 5.83. The molecule has 1 heterocycles. The Bertz CT molecular complexity index is 470. The minimum absolute atomic E-state index is 0.0637. The van der Waals surface area contributed by atoms with Gasteiger partial charge in [-0.05, 0) is 30.5 Å². The number of carbonyl (C=O) groups is 2. The Labute approximate surface area is 125 Å². The molecule has 1 fully saturated rings. The number of hydrogen-bond acceptors (Lipinski definition) is 3. The lowest BCUT2D eigenvalue weighted by atomic mass is 9.95. The normalized spacial score (nSPS) is 15.5. The average Bonchev–Trinajstić information content (AvgIpc) is 2.48. The van der Waals surface area contributed by atoms with E-state index in [-0.39, 0.29) is 24.4 Å². The highest BCUT2D eigenvalue weighted by Gasteiger charge is 2.19. The third-order valence-electron chi connectivity index (χ3n) is 3.87. The van der Waals surface area contributed by atoms with Crippen LogP contribution in [-0.4, -0.2) is 34.3 Å². The number of aromatic nitrogens is 1. The molecule has 1 N–H and O–H groups in total. The first kappa shape index (κ1) is 15.5. The second kappa shape index (κ2) is 7.76. The van der Waals surface area contributed by atoms with Crippen LogP contribution in [0.25, 0.3) is 0 Å². The van der Waals surface area contributed by atoms with E-state index in [0.29, 0.717) is 6.54 Å². The Morgan fingerprint density at radius 3 is 2.52 bits per heavy atom. The molecule has 2 amide bonds. The summed E-state index contributed by atoms with van der Waals surface area (Å²) >= 11 is 0. The van der Waals surface area contributed by atoms with Gasteiger partial charge in [0.2, 0.25) is 11.8 Å². The topological polar surface area (TPSA) is 62.3 Å². The maximum absolute atomic E-state index is 12.1. The molecule has 5 heteroatoms. The second-order valence-corrected chi connectivity index (χ2v) is 5.63.